The van der Waals surface area contributed by atoms with Crippen molar-refractivity contribution in [2.24, 2.45) is 17.4 Å². The van der Waals surface area contributed by atoms with Gasteiger partial charge in [0.05, 0.1) is 12.6 Å². The lowest BCUT2D eigenvalue weighted by Gasteiger charge is -2.25. The number of rotatable bonds is 16. The molecule has 0 saturated carbocycles. The maximum Gasteiger partial charge on any atom is 0.328 e. The Morgan fingerprint density at radius 2 is 1.44 bits per heavy atom. The van der Waals surface area contributed by atoms with Crippen molar-refractivity contribution in [3.63, 3.8) is 0 Å². The predicted molar refractivity (Wildman–Crippen MR) is 119 cm³/mol. The molecular weight excluding hydrogens is 442 g/mol. The highest BCUT2D eigenvalue weighted by molar-refractivity contribution is 7.98. The van der Waals surface area contributed by atoms with Crippen molar-refractivity contribution in [1.29, 1.82) is 0 Å². The molecule has 9 N–H and O–H groups in total. The van der Waals surface area contributed by atoms with Gasteiger partial charge in [0.25, 0.3) is 0 Å². The van der Waals surface area contributed by atoms with Crippen LogP contribution in [-0.4, -0.2) is 82.6 Å². The van der Waals surface area contributed by atoms with Gasteiger partial charge in [-0.15, -0.1) is 0 Å². The monoisotopic (exact) mass is 477 g/mol. The third-order valence-electron chi connectivity index (χ3n) is 4.91. The van der Waals surface area contributed by atoms with Crippen LogP contribution in [0.3, 0.4) is 0 Å². The van der Waals surface area contributed by atoms with Crippen LogP contribution in [0.4, 0.5) is 0 Å². The van der Waals surface area contributed by atoms with Crippen molar-refractivity contribution in [3.05, 3.63) is 0 Å². The van der Waals surface area contributed by atoms with E-state index in [1.165, 1.54) is 11.8 Å². The van der Waals surface area contributed by atoms with Gasteiger partial charge in [-0.3, -0.25) is 19.2 Å². The fourth-order valence-corrected chi connectivity index (χ4v) is 3.04. The second-order valence-electron chi connectivity index (χ2n) is 7.40. The SMILES string of the molecule is CCC(C)C(N)C(=O)NC(CCC(N)=O)C(=O)NC(CCSC)C(=O)NC(CO)C(=O)O. The second kappa shape index (κ2) is 15.4. The van der Waals surface area contributed by atoms with Gasteiger partial charge in [0.2, 0.25) is 23.6 Å². The highest BCUT2D eigenvalue weighted by atomic mass is 32.2. The van der Waals surface area contributed by atoms with E-state index in [2.05, 4.69) is 16.0 Å². The number of aliphatic hydroxyl groups is 1. The lowest BCUT2D eigenvalue weighted by molar-refractivity contribution is -0.143. The quantitative estimate of drug-likeness (QED) is 0.129. The molecule has 0 aliphatic rings. The molecule has 4 amide bonds. The van der Waals surface area contributed by atoms with Crippen LogP contribution in [0.1, 0.15) is 39.5 Å². The normalized spacial score (nSPS) is 15.5. The molecule has 0 aromatic rings. The van der Waals surface area contributed by atoms with E-state index >= 15 is 0 Å². The molecule has 0 heterocycles. The Balaban J connectivity index is 5.47. The Morgan fingerprint density at radius 1 is 0.938 bits per heavy atom. The summed E-state index contributed by atoms with van der Waals surface area (Å²) in [6, 6.07) is -4.71. The van der Waals surface area contributed by atoms with Crippen molar-refractivity contribution in [1.82, 2.24) is 16.0 Å². The molecule has 0 aromatic heterocycles. The van der Waals surface area contributed by atoms with Gasteiger partial charge in [0.15, 0.2) is 0 Å². The molecule has 12 nitrogen and oxygen atoms in total. The van der Waals surface area contributed by atoms with Crippen LogP contribution in [0.25, 0.3) is 0 Å². The molecule has 5 unspecified atom stereocenters. The molecule has 0 radical (unpaired) electrons. The summed E-state index contributed by atoms with van der Waals surface area (Å²) in [5.41, 5.74) is 11.1. The van der Waals surface area contributed by atoms with Gasteiger partial charge >= 0.3 is 5.97 Å². The third-order valence-corrected chi connectivity index (χ3v) is 5.56. The third kappa shape index (κ3) is 10.8. The van der Waals surface area contributed by atoms with Crippen molar-refractivity contribution in [2.75, 3.05) is 18.6 Å². The number of carbonyl (C=O) groups is 5. The highest BCUT2D eigenvalue weighted by Gasteiger charge is 2.30. The van der Waals surface area contributed by atoms with E-state index in [0.717, 1.165) is 0 Å². The Hall–Kier alpha value is -2.38. The summed E-state index contributed by atoms with van der Waals surface area (Å²) in [4.78, 5) is 60.1. The minimum absolute atomic E-state index is 0.106. The van der Waals surface area contributed by atoms with Gasteiger partial charge < -0.3 is 37.6 Å². The van der Waals surface area contributed by atoms with Gasteiger partial charge in [0.1, 0.15) is 18.1 Å². The van der Waals surface area contributed by atoms with Gasteiger partial charge in [-0.05, 0) is 30.8 Å². The van der Waals surface area contributed by atoms with Crippen LogP contribution in [-0.2, 0) is 24.0 Å². The molecule has 0 aliphatic heterocycles. The van der Waals surface area contributed by atoms with E-state index in [1.807, 2.05) is 6.92 Å². The summed E-state index contributed by atoms with van der Waals surface area (Å²) in [7, 11) is 0. The summed E-state index contributed by atoms with van der Waals surface area (Å²) < 4.78 is 0. The molecule has 0 aromatic carbocycles. The van der Waals surface area contributed by atoms with Crippen molar-refractivity contribution in [2.45, 2.75) is 63.7 Å². The number of aliphatic hydroxyl groups excluding tert-OH is 1. The maximum atomic E-state index is 12.8. The Bertz CT molecular complexity index is 664. The fraction of sp³-hybridized carbons (Fsp3) is 0.737. The van der Waals surface area contributed by atoms with Crippen LogP contribution in [0.15, 0.2) is 0 Å². The topological polar surface area (TPSA) is 214 Å². The minimum atomic E-state index is -1.53. The second-order valence-corrected chi connectivity index (χ2v) is 8.39. The number of primary amides is 1. The number of aliphatic carboxylic acids is 1. The number of hydrogen-bond donors (Lipinski definition) is 7. The number of nitrogens with two attached hydrogens (primary N) is 2. The summed E-state index contributed by atoms with van der Waals surface area (Å²) in [5, 5.41) is 25.3. The zero-order valence-corrected chi connectivity index (χ0v) is 19.4. The molecule has 0 saturated heterocycles. The van der Waals surface area contributed by atoms with Crippen molar-refractivity contribution < 1.29 is 34.2 Å². The van der Waals surface area contributed by atoms with Crippen molar-refractivity contribution >= 4 is 41.4 Å². The predicted octanol–water partition coefficient (Wildman–Crippen LogP) is -2.09. The van der Waals surface area contributed by atoms with Crippen LogP contribution in [0, 0.1) is 5.92 Å². The van der Waals surface area contributed by atoms with Crippen LogP contribution < -0.4 is 27.4 Å². The molecule has 0 bridgehead atoms. The smallest absolute Gasteiger partial charge is 0.328 e. The summed E-state index contributed by atoms with van der Waals surface area (Å²) in [6.07, 6.45) is 2.30. The lowest BCUT2D eigenvalue weighted by atomic mass is 9.98. The summed E-state index contributed by atoms with van der Waals surface area (Å²) in [6.45, 7) is 2.82. The van der Waals surface area contributed by atoms with E-state index in [1.54, 1.807) is 13.2 Å². The van der Waals surface area contributed by atoms with Gasteiger partial charge in [0, 0.05) is 6.42 Å². The number of nitrogens with one attached hydrogen (secondary N) is 3. The number of carboxylic acids is 1. The zero-order valence-electron chi connectivity index (χ0n) is 18.6. The number of hydrogen-bond acceptors (Lipinski definition) is 8. The van der Waals surface area contributed by atoms with Gasteiger partial charge in [-0.2, -0.15) is 11.8 Å². The van der Waals surface area contributed by atoms with E-state index in [4.69, 9.17) is 21.7 Å². The largest absolute Gasteiger partial charge is 0.480 e. The molecule has 5 atom stereocenters. The minimum Gasteiger partial charge on any atom is -0.480 e. The maximum absolute atomic E-state index is 12.8. The van der Waals surface area contributed by atoms with Gasteiger partial charge in [-0.25, -0.2) is 4.79 Å². The Labute approximate surface area is 191 Å². The molecule has 0 fully saturated rings. The molecule has 32 heavy (non-hydrogen) atoms. The molecule has 0 aliphatic carbocycles. The van der Waals surface area contributed by atoms with Gasteiger partial charge in [-0.1, -0.05) is 20.3 Å². The highest BCUT2D eigenvalue weighted by Crippen LogP contribution is 2.08. The Morgan fingerprint density at radius 3 is 1.88 bits per heavy atom. The van der Waals surface area contributed by atoms with Crippen molar-refractivity contribution in [3.8, 4) is 0 Å². The zero-order chi connectivity index (χ0) is 24.8. The first-order valence-corrected chi connectivity index (χ1v) is 11.6. The number of carboxylic acid groups (broad SMARTS) is 1. The first kappa shape index (κ1) is 29.6. The van der Waals surface area contributed by atoms with Crippen LogP contribution in [0.2, 0.25) is 0 Å². The van der Waals surface area contributed by atoms with Crippen LogP contribution in [0.5, 0.6) is 0 Å². The number of carbonyl (C=O) groups excluding carboxylic acids is 4. The molecule has 0 spiro atoms. The summed E-state index contributed by atoms with van der Waals surface area (Å²) >= 11 is 1.40. The fourth-order valence-electron chi connectivity index (χ4n) is 2.57. The number of thioether (sulfide) groups is 1. The van der Waals surface area contributed by atoms with E-state index in [-0.39, 0.29) is 25.2 Å². The summed E-state index contributed by atoms with van der Waals surface area (Å²) in [5.74, 6) is -3.92. The molecular formula is C19H35N5O7S. The van der Waals surface area contributed by atoms with E-state index in [9.17, 15) is 24.0 Å². The Kier molecular flexibility index (Phi) is 14.3. The first-order valence-electron chi connectivity index (χ1n) is 10.3. The number of amides is 4. The van der Waals surface area contributed by atoms with E-state index in [0.29, 0.717) is 12.2 Å². The average molecular weight is 478 g/mol. The standard InChI is InChI=1S/C19H35N5O7S/c1-4-10(2)15(21)18(29)23-11(5-6-14(20)26)16(27)22-12(7-8-32-3)17(28)24-13(9-25)19(30)31/h10-13,15,25H,4-9,21H2,1-3H3,(H2,20,26)(H,22,27)(H,23,29)(H,24,28)(H,30,31). The molecule has 0 rings (SSSR count). The average Bonchev–Trinajstić information content (AvgIpc) is 2.75. The first-order chi connectivity index (χ1) is 15.0. The molecule has 184 valence electrons. The molecule has 13 heteroatoms. The van der Waals surface area contributed by atoms with Crippen LogP contribution >= 0.6 is 11.8 Å². The van der Waals surface area contributed by atoms with E-state index < -0.39 is 60.4 Å². The lowest BCUT2D eigenvalue weighted by Crippen LogP contribution is -2.58.